The zero-order chi connectivity index (χ0) is 19.3. The van der Waals surface area contributed by atoms with Gasteiger partial charge in [0.25, 0.3) is 0 Å². The van der Waals surface area contributed by atoms with Crippen LogP contribution >= 0.6 is 0 Å². The van der Waals surface area contributed by atoms with Gasteiger partial charge >= 0.3 is 0 Å². The van der Waals surface area contributed by atoms with E-state index in [1.54, 1.807) is 36.4 Å². The maximum atomic E-state index is 13.2. The predicted molar refractivity (Wildman–Crippen MR) is 105 cm³/mol. The molecule has 2 aromatic carbocycles. The first kappa shape index (κ1) is 19.8. The Morgan fingerprint density at radius 3 is 2.52 bits per heavy atom. The SMILES string of the molecule is Cc1ccc(S(=O)(=O)N2CC=C[C@H](O)C[C@H]2COCc2ccccc2)cc1. The van der Waals surface area contributed by atoms with Gasteiger partial charge < -0.3 is 9.84 Å². The molecule has 0 saturated heterocycles. The number of aryl methyl sites for hydroxylation is 1. The molecule has 0 aromatic heterocycles. The van der Waals surface area contributed by atoms with Crippen molar-refractivity contribution in [2.24, 2.45) is 0 Å². The van der Waals surface area contributed by atoms with Crippen molar-refractivity contribution in [3.63, 3.8) is 0 Å². The van der Waals surface area contributed by atoms with Crippen LogP contribution < -0.4 is 0 Å². The number of ether oxygens (including phenoxy) is 1. The molecular formula is C21H25NO4S. The maximum Gasteiger partial charge on any atom is 0.243 e. The van der Waals surface area contributed by atoms with Crippen molar-refractivity contribution < 1.29 is 18.3 Å². The molecule has 1 aliphatic heterocycles. The van der Waals surface area contributed by atoms with Gasteiger partial charge in [0, 0.05) is 6.54 Å². The molecule has 0 fully saturated rings. The highest BCUT2D eigenvalue weighted by atomic mass is 32.2. The van der Waals surface area contributed by atoms with E-state index in [-0.39, 0.29) is 18.0 Å². The summed E-state index contributed by atoms with van der Waals surface area (Å²) >= 11 is 0. The average molecular weight is 388 g/mol. The van der Waals surface area contributed by atoms with Crippen LogP contribution in [0, 0.1) is 6.92 Å². The van der Waals surface area contributed by atoms with Crippen molar-refractivity contribution in [1.29, 1.82) is 0 Å². The Hall–Kier alpha value is -1.99. The van der Waals surface area contributed by atoms with Gasteiger partial charge in [0.05, 0.1) is 30.3 Å². The van der Waals surface area contributed by atoms with Crippen LogP contribution in [0.25, 0.3) is 0 Å². The summed E-state index contributed by atoms with van der Waals surface area (Å²) < 4.78 is 33.5. The van der Waals surface area contributed by atoms with Gasteiger partial charge in [0.2, 0.25) is 10.0 Å². The smallest absolute Gasteiger partial charge is 0.243 e. The predicted octanol–water partition coefficient (Wildman–Crippen LogP) is 2.89. The van der Waals surface area contributed by atoms with Crippen molar-refractivity contribution in [3.8, 4) is 0 Å². The van der Waals surface area contributed by atoms with Crippen LogP contribution in [0.3, 0.4) is 0 Å². The Labute approximate surface area is 161 Å². The molecule has 2 atom stereocenters. The summed E-state index contributed by atoms with van der Waals surface area (Å²) in [6, 6.07) is 16.1. The van der Waals surface area contributed by atoms with E-state index in [0.29, 0.717) is 13.0 Å². The number of rotatable bonds is 6. The number of nitrogens with zero attached hydrogens (tertiary/aromatic N) is 1. The van der Waals surface area contributed by atoms with Gasteiger partial charge in [-0.2, -0.15) is 4.31 Å². The zero-order valence-electron chi connectivity index (χ0n) is 15.4. The van der Waals surface area contributed by atoms with E-state index in [0.717, 1.165) is 11.1 Å². The molecule has 1 N–H and O–H groups in total. The fourth-order valence-electron chi connectivity index (χ4n) is 3.12. The van der Waals surface area contributed by atoms with E-state index in [4.69, 9.17) is 4.74 Å². The first-order valence-corrected chi connectivity index (χ1v) is 10.5. The highest BCUT2D eigenvalue weighted by Crippen LogP contribution is 2.23. The van der Waals surface area contributed by atoms with E-state index in [1.165, 1.54) is 4.31 Å². The van der Waals surface area contributed by atoms with Crippen molar-refractivity contribution >= 4 is 10.0 Å². The molecule has 2 aromatic rings. The van der Waals surface area contributed by atoms with Crippen LogP contribution in [0.4, 0.5) is 0 Å². The molecule has 27 heavy (non-hydrogen) atoms. The molecular weight excluding hydrogens is 362 g/mol. The lowest BCUT2D eigenvalue weighted by Gasteiger charge is -2.29. The quantitative estimate of drug-likeness (QED) is 0.774. The molecule has 1 heterocycles. The molecule has 3 rings (SSSR count). The normalized spacial score (nSPS) is 21.1. The molecule has 0 bridgehead atoms. The van der Waals surface area contributed by atoms with Gasteiger partial charge in [-0.3, -0.25) is 0 Å². The van der Waals surface area contributed by atoms with Gasteiger partial charge in [-0.25, -0.2) is 8.42 Å². The van der Waals surface area contributed by atoms with Gasteiger partial charge in [-0.05, 0) is 31.0 Å². The van der Waals surface area contributed by atoms with Crippen molar-refractivity contribution in [3.05, 3.63) is 77.9 Å². The Balaban J connectivity index is 1.77. The van der Waals surface area contributed by atoms with Crippen molar-refractivity contribution in [2.45, 2.75) is 37.0 Å². The van der Waals surface area contributed by atoms with Gasteiger partial charge in [-0.15, -0.1) is 0 Å². The lowest BCUT2D eigenvalue weighted by atomic mass is 10.1. The van der Waals surface area contributed by atoms with E-state index in [9.17, 15) is 13.5 Å². The van der Waals surface area contributed by atoms with Crippen LogP contribution in [0.15, 0.2) is 71.6 Å². The summed E-state index contributed by atoms with van der Waals surface area (Å²) in [5, 5.41) is 10.1. The summed E-state index contributed by atoms with van der Waals surface area (Å²) in [5.41, 5.74) is 2.03. The van der Waals surface area contributed by atoms with Crippen LogP contribution in [0.1, 0.15) is 17.5 Å². The molecule has 0 saturated carbocycles. The van der Waals surface area contributed by atoms with Crippen molar-refractivity contribution in [1.82, 2.24) is 4.31 Å². The molecule has 6 heteroatoms. The number of hydrogen-bond donors (Lipinski definition) is 1. The van der Waals surface area contributed by atoms with Crippen LogP contribution in [-0.2, 0) is 21.4 Å². The Morgan fingerprint density at radius 2 is 1.81 bits per heavy atom. The third-order valence-electron chi connectivity index (χ3n) is 4.61. The molecule has 0 radical (unpaired) electrons. The second-order valence-corrected chi connectivity index (χ2v) is 8.66. The minimum Gasteiger partial charge on any atom is -0.389 e. The summed E-state index contributed by atoms with van der Waals surface area (Å²) in [7, 11) is -3.68. The highest BCUT2D eigenvalue weighted by molar-refractivity contribution is 7.89. The fourth-order valence-corrected chi connectivity index (χ4v) is 4.70. The Kier molecular flexibility index (Phi) is 6.44. The molecule has 0 spiro atoms. The molecule has 0 amide bonds. The topological polar surface area (TPSA) is 66.8 Å². The molecule has 1 aliphatic rings. The van der Waals surface area contributed by atoms with E-state index < -0.39 is 22.2 Å². The van der Waals surface area contributed by atoms with Crippen LogP contribution in [-0.4, -0.2) is 43.1 Å². The summed E-state index contributed by atoms with van der Waals surface area (Å²) in [6.07, 6.45) is 2.97. The van der Waals surface area contributed by atoms with Gasteiger partial charge in [0.15, 0.2) is 0 Å². The van der Waals surface area contributed by atoms with Crippen LogP contribution in [0.5, 0.6) is 0 Å². The summed E-state index contributed by atoms with van der Waals surface area (Å²) in [5.74, 6) is 0. The number of benzene rings is 2. The van der Waals surface area contributed by atoms with E-state index in [2.05, 4.69) is 0 Å². The number of sulfonamides is 1. The lowest BCUT2D eigenvalue weighted by Crippen LogP contribution is -2.43. The third-order valence-corrected chi connectivity index (χ3v) is 6.55. The van der Waals surface area contributed by atoms with Crippen LogP contribution in [0.2, 0.25) is 0 Å². The average Bonchev–Trinajstić information content (AvgIpc) is 2.84. The van der Waals surface area contributed by atoms with Gasteiger partial charge in [0.1, 0.15) is 0 Å². The fraction of sp³-hybridized carbons (Fsp3) is 0.333. The maximum absolute atomic E-state index is 13.2. The molecule has 0 unspecified atom stereocenters. The Bertz CT molecular complexity index is 863. The second kappa shape index (κ2) is 8.80. The van der Waals surface area contributed by atoms with Crippen molar-refractivity contribution in [2.75, 3.05) is 13.2 Å². The first-order chi connectivity index (χ1) is 13.0. The number of aliphatic hydroxyl groups is 1. The standard InChI is InChI=1S/C21H25NO4S/c1-17-9-11-21(12-10-17)27(24,25)22-13-5-8-20(23)14-19(22)16-26-15-18-6-3-2-4-7-18/h2-12,19-20,23H,13-16H2,1H3/t19-,20-/m0/s1. The monoisotopic (exact) mass is 387 g/mol. The Morgan fingerprint density at radius 1 is 1.11 bits per heavy atom. The lowest BCUT2D eigenvalue weighted by molar-refractivity contribution is 0.0635. The largest absolute Gasteiger partial charge is 0.389 e. The zero-order valence-corrected chi connectivity index (χ0v) is 16.2. The van der Waals surface area contributed by atoms with E-state index >= 15 is 0 Å². The highest BCUT2D eigenvalue weighted by Gasteiger charge is 2.33. The molecule has 144 valence electrons. The molecule has 5 nitrogen and oxygen atoms in total. The third kappa shape index (κ3) is 5.05. The second-order valence-electron chi connectivity index (χ2n) is 6.77. The van der Waals surface area contributed by atoms with Gasteiger partial charge in [-0.1, -0.05) is 60.2 Å². The van der Waals surface area contributed by atoms with E-state index in [1.807, 2.05) is 37.3 Å². The number of aliphatic hydroxyl groups excluding tert-OH is 1. The first-order valence-electron chi connectivity index (χ1n) is 9.02. The minimum atomic E-state index is -3.68. The summed E-state index contributed by atoms with van der Waals surface area (Å²) in [4.78, 5) is 0.256. The molecule has 0 aliphatic carbocycles. The summed E-state index contributed by atoms with van der Waals surface area (Å²) in [6.45, 7) is 2.76. The number of hydrogen-bond acceptors (Lipinski definition) is 4. The minimum absolute atomic E-state index is 0.215.